The van der Waals surface area contributed by atoms with Gasteiger partial charge < -0.3 is 0 Å². The standard InChI is InChI=1S/C8H12N4/c1-7(2,4-9)8(3,5-10)6-12-11/h11H,6H2,1-3H3. The molecule has 0 saturated heterocycles. The first-order valence-electron chi connectivity index (χ1n) is 3.59. The number of rotatable bonds is 3. The minimum absolute atomic E-state index is 0.0735. The van der Waals surface area contributed by atoms with E-state index < -0.39 is 10.8 Å². The van der Waals surface area contributed by atoms with Crippen LogP contribution in [0.1, 0.15) is 20.8 Å². The summed E-state index contributed by atoms with van der Waals surface area (Å²) in [5, 5.41) is 20.8. The Bertz CT molecular complexity index is 255. The maximum absolute atomic E-state index is 8.84. The van der Waals surface area contributed by atoms with E-state index in [-0.39, 0.29) is 6.54 Å². The second-order valence-electron chi connectivity index (χ2n) is 3.50. The molecular weight excluding hydrogens is 152 g/mol. The summed E-state index contributed by atoms with van der Waals surface area (Å²) in [6.45, 7) is 5.08. The fraction of sp³-hybridized carbons (Fsp3) is 0.750. The lowest BCUT2D eigenvalue weighted by molar-refractivity contribution is 0.231. The van der Waals surface area contributed by atoms with E-state index in [0.29, 0.717) is 0 Å². The van der Waals surface area contributed by atoms with Crippen LogP contribution in [0.25, 0.3) is 0 Å². The molecule has 0 bridgehead atoms. The highest BCUT2D eigenvalue weighted by Gasteiger charge is 2.41. The monoisotopic (exact) mass is 164 g/mol. The molecule has 1 atom stereocenters. The molecule has 0 aromatic carbocycles. The number of hydrogen-bond donors (Lipinski definition) is 1. The molecule has 12 heavy (non-hydrogen) atoms. The third-order valence-corrected chi connectivity index (χ3v) is 2.30. The van der Waals surface area contributed by atoms with E-state index in [0.717, 1.165) is 0 Å². The van der Waals surface area contributed by atoms with E-state index >= 15 is 0 Å². The van der Waals surface area contributed by atoms with Crippen molar-refractivity contribution in [3.8, 4) is 12.1 Å². The molecule has 0 fully saturated rings. The largest absolute Gasteiger partial charge is 0.210 e. The zero-order valence-electron chi connectivity index (χ0n) is 7.55. The molecule has 0 aliphatic carbocycles. The molecule has 0 aromatic rings. The Morgan fingerprint density at radius 2 is 1.75 bits per heavy atom. The number of nitriles is 2. The molecule has 0 amide bonds. The Labute approximate surface area is 72.3 Å². The smallest absolute Gasteiger partial charge is 0.0938 e. The SMILES string of the molecule is CC(C)(C#N)C(C)(C#N)CN=N. The molecule has 0 saturated carbocycles. The van der Waals surface area contributed by atoms with Gasteiger partial charge in [0.05, 0.1) is 29.5 Å². The van der Waals surface area contributed by atoms with Crippen molar-refractivity contribution in [2.45, 2.75) is 20.8 Å². The van der Waals surface area contributed by atoms with E-state index in [1.165, 1.54) is 0 Å². The van der Waals surface area contributed by atoms with E-state index in [2.05, 4.69) is 11.2 Å². The molecule has 1 N–H and O–H groups in total. The fourth-order valence-corrected chi connectivity index (χ4v) is 0.654. The molecule has 0 rings (SSSR count). The first-order valence-corrected chi connectivity index (χ1v) is 3.59. The van der Waals surface area contributed by atoms with Crippen molar-refractivity contribution in [2.75, 3.05) is 6.54 Å². The summed E-state index contributed by atoms with van der Waals surface area (Å²) in [6, 6.07) is 4.09. The average Bonchev–Trinajstić information content (AvgIpc) is 2.04. The molecule has 1 unspecified atom stereocenters. The van der Waals surface area contributed by atoms with E-state index in [1.54, 1.807) is 20.8 Å². The van der Waals surface area contributed by atoms with Gasteiger partial charge in [0.25, 0.3) is 0 Å². The van der Waals surface area contributed by atoms with Crippen molar-refractivity contribution < 1.29 is 0 Å². The number of nitrogens with zero attached hydrogens (tertiary/aromatic N) is 3. The molecule has 0 radical (unpaired) electrons. The minimum Gasteiger partial charge on any atom is -0.210 e. The zero-order chi connectivity index (χ0) is 9.83. The van der Waals surface area contributed by atoms with Gasteiger partial charge in [-0.2, -0.15) is 15.6 Å². The second-order valence-corrected chi connectivity index (χ2v) is 3.50. The summed E-state index contributed by atoms with van der Waals surface area (Å²) in [6.07, 6.45) is 0. The van der Waals surface area contributed by atoms with Gasteiger partial charge in [-0.25, -0.2) is 5.53 Å². The van der Waals surface area contributed by atoms with Crippen molar-refractivity contribution in [2.24, 2.45) is 15.9 Å². The van der Waals surface area contributed by atoms with Gasteiger partial charge in [0.15, 0.2) is 0 Å². The molecular formula is C8H12N4. The van der Waals surface area contributed by atoms with Crippen LogP contribution < -0.4 is 0 Å². The summed E-state index contributed by atoms with van der Waals surface area (Å²) < 4.78 is 0. The van der Waals surface area contributed by atoms with Crippen LogP contribution in [-0.2, 0) is 0 Å². The minimum atomic E-state index is -0.872. The first-order chi connectivity index (χ1) is 5.43. The highest BCUT2D eigenvalue weighted by atomic mass is 15.0. The quantitative estimate of drug-likeness (QED) is 0.647. The van der Waals surface area contributed by atoms with Crippen LogP contribution in [0.2, 0.25) is 0 Å². The van der Waals surface area contributed by atoms with E-state index in [4.69, 9.17) is 16.1 Å². The Balaban J connectivity index is 4.92. The maximum atomic E-state index is 8.84. The Hall–Kier alpha value is -1.42. The third-order valence-electron chi connectivity index (χ3n) is 2.30. The summed E-state index contributed by atoms with van der Waals surface area (Å²) >= 11 is 0. The zero-order valence-corrected chi connectivity index (χ0v) is 7.55. The summed E-state index contributed by atoms with van der Waals surface area (Å²) in [7, 11) is 0. The van der Waals surface area contributed by atoms with Crippen LogP contribution in [-0.4, -0.2) is 6.54 Å². The molecule has 64 valence electrons. The number of nitrogens with one attached hydrogen (secondary N) is 1. The van der Waals surface area contributed by atoms with Gasteiger partial charge in [0.2, 0.25) is 0 Å². The van der Waals surface area contributed by atoms with Crippen molar-refractivity contribution >= 4 is 0 Å². The van der Waals surface area contributed by atoms with Gasteiger partial charge in [0, 0.05) is 0 Å². The first kappa shape index (κ1) is 10.6. The normalized spacial score (nSPS) is 15.4. The van der Waals surface area contributed by atoms with Gasteiger partial charge in [-0.05, 0) is 20.8 Å². The van der Waals surface area contributed by atoms with Crippen LogP contribution in [0, 0.1) is 39.0 Å². The predicted molar refractivity (Wildman–Crippen MR) is 43.1 cm³/mol. The lowest BCUT2D eigenvalue weighted by Gasteiger charge is -2.30. The molecule has 0 aliphatic rings. The molecule has 0 spiro atoms. The summed E-state index contributed by atoms with van der Waals surface area (Å²) in [5.41, 5.74) is 5.04. The molecule has 4 nitrogen and oxygen atoms in total. The average molecular weight is 164 g/mol. The van der Waals surface area contributed by atoms with Crippen LogP contribution >= 0.6 is 0 Å². The van der Waals surface area contributed by atoms with Gasteiger partial charge in [-0.3, -0.25) is 0 Å². The van der Waals surface area contributed by atoms with Crippen molar-refractivity contribution in [3.05, 3.63) is 0 Å². The molecule has 4 heteroatoms. The van der Waals surface area contributed by atoms with Crippen LogP contribution in [0.4, 0.5) is 0 Å². The lowest BCUT2D eigenvalue weighted by atomic mass is 9.68. The topological polar surface area (TPSA) is 83.8 Å². The van der Waals surface area contributed by atoms with Crippen molar-refractivity contribution in [3.63, 3.8) is 0 Å². The third kappa shape index (κ3) is 1.60. The second kappa shape index (κ2) is 3.32. The summed E-state index contributed by atoms with van der Waals surface area (Å²) in [5.74, 6) is 0. The maximum Gasteiger partial charge on any atom is 0.0938 e. The highest BCUT2D eigenvalue weighted by Crippen LogP contribution is 2.37. The molecule has 0 aromatic heterocycles. The Morgan fingerprint density at radius 1 is 1.25 bits per heavy atom. The van der Waals surface area contributed by atoms with Crippen LogP contribution in [0.15, 0.2) is 5.11 Å². The van der Waals surface area contributed by atoms with Gasteiger partial charge >= 0.3 is 0 Å². The number of hydrogen-bond acceptors (Lipinski definition) is 4. The van der Waals surface area contributed by atoms with Crippen LogP contribution in [0.5, 0.6) is 0 Å². The fourth-order valence-electron chi connectivity index (χ4n) is 0.654. The molecule has 0 heterocycles. The van der Waals surface area contributed by atoms with E-state index in [1.807, 2.05) is 6.07 Å². The summed E-state index contributed by atoms with van der Waals surface area (Å²) in [4.78, 5) is 0. The highest BCUT2D eigenvalue weighted by molar-refractivity contribution is 5.14. The molecule has 0 aliphatic heterocycles. The van der Waals surface area contributed by atoms with Gasteiger partial charge in [0.1, 0.15) is 0 Å². The lowest BCUT2D eigenvalue weighted by Crippen LogP contribution is -2.35. The Kier molecular flexibility index (Phi) is 2.93. The predicted octanol–water partition coefficient (Wildman–Crippen LogP) is 2.10. The van der Waals surface area contributed by atoms with Gasteiger partial charge in [-0.1, -0.05) is 0 Å². The van der Waals surface area contributed by atoms with Crippen LogP contribution in [0.3, 0.4) is 0 Å². The van der Waals surface area contributed by atoms with E-state index in [9.17, 15) is 0 Å². The van der Waals surface area contributed by atoms with Crippen molar-refractivity contribution in [1.82, 2.24) is 0 Å². The Morgan fingerprint density at radius 3 is 2.00 bits per heavy atom. The van der Waals surface area contributed by atoms with Gasteiger partial charge in [-0.15, -0.1) is 0 Å². The van der Waals surface area contributed by atoms with Crippen molar-refractivity contribution in [1.29, 1.82) is 16.1 Å².